The minimum atomic E-state index is -3.68. The minimum absolute atomic E-state index is 0.190. The summed E-state index contributed by atoms with van der Waals surface area (Å²) in [5.74, 6) is -0.251. The Bertz CT molecular complexity index is 1490. The summed E-state index contributed by atoms with van der Waals surface area (Å²) in [5.41, 5.74) is 0.763. The quantitative estimate of drug-likeness (QED) is 0.485. The van der Waals surface area contributed by atoms with Gasteiger partial charge in [-0.3, -0.25) is 4.79 Å². The first-order valence-corrected chi connectivity index (χ1v) is 15.7. The van der Waals surface area contributed by atoms with Crippen LogP contribution in [0, 0.1) is 0 Å². The van der Waals surface area contributed by atoms with Crippen LogP contribution in [0.15, 0.2) is 28.5 Å². The Morgan fingerprint density at radius 2 is 1.74 bits per heavy atom. The highest BCUT2D eigenvalue weighted by atomic mass is 35.5. The largest absolute Gasteiger partial charge is 0.334 e. The Labute approximate surface area is 210 Å². The molecule has 4 heterocycles. The summed E-state index contributed by atoms with van der Waals surface area (Å²) in [6.45, 7) is 1.48. The van der Waals surface area contributed by atoms with Crippen molar-refractivity contribution in [2.45, 2.75) is 17.2 Å². The molecule has 182 valence electrons. The van der Waals surface area contributed by atoms with Gasteiger partial charge in [-0.05, 0) is 23.6 Å². The zero-order valence-electron chi connectivity index (χ0n) is 18.1. The SMILES string of the molecule is CS(=O)(=O)N1CCc2nc(C(=O)N3CCN(S(=O)(=O)c4cc5ccc(Cl)cc5s4)CC3)sc2C1. The molecule has 3 aromatic rings. The second-order valence-electron chi connectivity index (χ2n) is 8.18. The molecule has 2 aliphatic rings. The van der Waals surface area contributed by atoms with E-state index in [1.165, 1.54) is 37.5 Å². The third-order valence-corrected chi connectivity index (χ3v) is 11.9. The number of amides is 1. The van der Waals surface area contributed by atoms with E-state index in [0.29, 0.717) is 23.0 Å². The maximum Gasteiger partial charge on any atom is 0.282 e. The van der Waals surface area contributed by atoms with Crippen LogP contribution < -0.4 is 0 Å². The molecule has 1 aromatic carbocycles. The molecule has 0 saturated carbocycles. The summed E-state index contributed by atoms with van der Waals surface area (Å²) in [5, 5.41) is 1.69. The minimum Gasteiger partial charge on any atom is -0.334 e. The van der Waals surface area contributed by atoms with Crippen LogP contribution in [0.5, 0.6) is 0 Å². The van der Waals surface area contributed by atoms with Crippen LogP contribution in [0.3, 0.4) is 0 Å². The number of carbonyl (C=O) groups is 1. The molecular weight excluding hydrogens is 540 g/mol. The van der Waals surface area contributed by atoms with E-state index in [2.05, 4.69) is 4.98 Å². The molecule has 0 unspecified atom stereocenters. The van der Waals surface area contributed by atoms with Gasteiger partial charge in [0.15, 0.2) is 5.01 Å². The molecule has 1 amide bonds. The first-order chi connectivity index (χ1) is 16.0. The summed E-state index contributed by atoms with van der Waals surface area (Å²) in [7, 11) is -6.98. The average molecular weight is 561 g/mol. The highest BCUT2D eigenvalue weighted by molar-refractivity contribution is 7.91. The van der Waals surface area contributed by atoms with Gasteiger partial charge in [0.1, 0.15) is 4.21 Å². The number of hydrogen-bond donors (Lipinski definition) is 0. The van der Waals surface area contributed by atoms with Gasteiger partial charge in [-0.25, -0.2) is 21.8 Å². The van der Waals surface area contributed by atoms with Gasteiger partial charge in [0.25, 0.3) is 15.9 Å². The number of thiophene rings is 1. The Morgan fingerprint density at radius 1 is 1.00 bits per heavy atom. The number of halogens is 1. The number of sulfonamides is 2. The monoisotopic (exact) mass is 560 g/mol. The lowest BCUT2D eigenvalue weighted by atomic mass is 10.2. The van der Waals surface area contributed by atoms with E-state index >= 15 is 0 Å². The number of rotatable bonds is 4. The van der Waals surface area contributed by atoms with Gasteiger partial charge in [0.2, 0.25) is 10.0 Å². The van der Waals surface area contributed by atoms with Crippen LogP contribution in [0.4, 0.5) is 0 Å². The van der Waals surface area contributed by atoms with Crippen LogP contribution in [0.1, 0.15) is 20.4 Å². The second-order valence-corrected chi connectivity index (χ2v) is 14.9. The molecule has 0 bridgehead atoms. The number of aromatic nitrogens is 1. The van der Waals surface area contributed by atoms with Crippen molar-refractivity contribution in [2.24, 2.45) is 0 Å². The van der Waals surface area contributed by atoms with E-state index in [1.807, 2.05) is 0 Å². The van der Waals surface area contributed by atoms with E-state index in [4.69, 9.17) is 11.6 Å². The van der Waals surface area contributed by atoms with Gasteiger partial charge in [-0.1, -0.05) is 17.7 Å². The number of hydrogen-bond acceptors (Lipinski definition) is 8. The Kier molecular flexibility index (Phi) is 6.24. The fourth-order valence-corrected chi connectivity index (χ4v) is 9.26. The lowest BCUT2D eigenvalue weighted by molar-refractivity contribution is 0.0697. The van der Waals surface area contributed by atoms with Crippen molar-refractivity contribution in [3.63, 3.8) is 0 Å². The van der Waals surface area contributed by atoms with Gasteiger partial charge in [0, 0.05) is 60.3 Å². The molecule has 0 radical (unpaired) electrons. The van der Waals surface area contributed by atoms with E-state index in [1.54, 1.807) is 29.2 Å². The van der Waals surface area contributed by atoms with Crippen molar-refractivity contribution < 1.29 is 21.6 Å². The number of fused-ring (bicyclic) bond motifs is 2. The van der Waals surface area contributed by atoms with Crippen LogP contribution in [0.25, 0.3) is 10.1 Å². The number of thiazole rings is 1. The van der Waals surface area contributed by atoms with Gasteiger partial charge in [-0.2, -0.15) is 8.61 Å². The van der Waals surface area contributed by atoms with Crippen molar-refractivity contribution in [3.8, 4) is 0 Å². The molecule has 5 rings (SSSR count). The van der Waals surface area contributed by atoms with Crippen molar-refractivity contribution in [2.75, 3.05) is 39.0 Å². The lowest BCUT2D eigenvalue weighted by Gasteiger charge is -2.33. The van der Waals surface area contributed by atoms with Crippen LogP contribution in [-0.2, 0) is 33.0 Å². The van der Waals surface area contributed by atoms with Gasteiger partial charge >= 0.3 is 0 Å². The number of benzene rings is 1. The molecular formula is C20H21ClN4O5S4. The van der Waals surface area contributed by atoms with Crippen molar-refractivity contribution >= 4 is 70.3 Å². The molecule has 0 atom stereocenters. The molecule has 1 fully saturated rings. The number of nitrogens with zero attached hydrogens (tertiary/aromatic N) is 4. The van der Waals surface area contributed by atoms with Gasteiger partial charge in [0.05, 0.1) is 11.9 Å². The molecule has 0 N–H and O–H groups in total. The summed E-state index contributed by atoms with van der Waals surface area (Å²) >= 11 is 8.42. The van der Waals surface area contributed by atoms with Gasteiger partial charge in [-0.15, -0.1) is 22.7 Å². The lowest BCUT2D eigenvalue weighted by Crippen LogP contribution is -2.50. The first-order valence-electron chi connectivity index (χ1n) is 10.4. The summed E-state index contributed by atoms with van der Waals surface area (Å²) in [6.07, 6.45) is 1.64. The predicted octanol–water partition coefficient (Wildman–Crippen LogP) is 2.48. The molecule has 34 heavy (non-hydrogen) atoms. The Balaban J connectivity index is 1.27. The van der Waals surface area contributed by atoms with Crippen LogP contribution in [-0.4, -0.2) is 80.2 Å². The van der Waals surface area contributed by atoms with Crippen molar-refractivity contribution in [3.05, 3.63) is 44.9 Å². The number of carbonyl (C=O) groups excluding carboxylic acids is 1. The zero-order valence-corrected chi connectivity index (χ0v) is 22.1. The predicted molar refractivity (Wildman–Crippen MR) is 133 cm³/mol. The standard InChI is InChI=1S/C20H21ClN4O5S4/c1-33(27,28)25-5-4-15-17(12-25)32-19(22-15)20(26)23-6-8-24(9-7-23)34(29,30)18-10-13-2-3-14(21)11-16(13)31-18/h2-3,10-11H,4-9,12H2,1H3. The highest BCUT2D eigenvalue weighted by Crippen LogP contribution is 2.33. The molecule has 2 aromatic heterocycles. The normalized spacial score (nSPS) is 18.4. The molecule has 0 aliphatic carbocycles. The summed E-state index contributed by atoms with van der Waals surface area (Å²) in [4.78, 5) is 19.9. The van der Waals surface area contributed by atoms with E-state index in [0.717, 1.165) is 20.7 Å². The number of piperazine rings is 1. The topological polar surface area (TPSA) is 108 Å². The zero-order chi connectivity index (χ0) is 24.3. The molecule has 1 saturated heterocycles. The summed E-state index contributed by atoms with van der Waals surface area (Å²) < 4.78 is 53.9. The summed E-state index contributed by atoms with van der Waals surface area (Å²) in [6, 6.07) is 6.93. The van der Waals surface area contributed by atoms with E-state index < -0.39 is 20.0 Å². The molecule has 0 spiro atoms. The molecule has 14 heteroatoms. The Hall–Kier alpha value is -1.61. The third-order valence-electron chi connectivity index (χ3n) is 5.93. The second kappa shape index (κ2) is 8.80. The maximum absolute atomic E-state index is 13.2. The van der Waals surface area contributed by atoms with Crippen LogP contribution >= 0.6 is 34.3 Å². The van der Waals surface area contributed by atoms with E-state index in [9.17, 15) is 21.6 Å². The maximum atomic E-state index is 13.2. The first kappa shape index (κ1) is 24.1. The average Bonchev–Trinajstić information content (AvgIpc) is 3.41. The highest BCUT2D eigenvalue weighted by Gasteiger charge is 2.34. The van der Waals surface area contributed by atoms with Gasteiger partial charge < -0.3 is 4.90 Å². The van der Waals surface area contributed by atoms with Crippen molar-refractivity contribution in [1.82, 2.24) is 18.5 Å². The van der Waals surface area contributed by atoms with E-state index in [-0.39, 0.29) is 42.8 Å². The fraction of sp³-hybridized carbons (Fsp3) is 0.400. The fourth-order valence-electron chi connectivity index (χ4n) is 4.05. The molecule has 9 nitrogen and oxygen atoms in total. The third kappa shape index (κ3) is 4.50. The Morgan fingerprint density at radius 3 is 2.44 bits per heavy atom. The smallest absolute Gasteiger partial charge is 0.282 e. The van der Waals surface area contributed by atoms with Crippen LogP contribution in [0.2, 0.25) is 5.02 Å². The van der Waals surface area contributed by atoms with Crippen molar-refractivity contribution in [1.29, 1.82) is 0 Å². The molecule has 2 aliphatic heterocycles.